The zero-order valence-corrected chi connectivity index (χ0v) is 60.6. The van der Waals surface area contributed by atoms with Gasteiger partial charge in [0, 0.05) is 12.8 Å². The molecule has 0 fully saturated rings. The van der Waals surface area contributed by atoms with Crippen molar-refractivity contribution in [3.63, 3.8) is 0 Å². The standard InChI is InChI=1S/C80H155NO8/c1-6-8-10-12-14-16-18-20-22-24-26-28-30-31-32-33-34-35-36-37-38-39-40-41-42-43-44-45-46-47-49-51-53-55-57-59-61-63-65-67-69-71-78(83)89-76(75-88-80(79(84)85)86-73-72-81(3,4)5)74-87-77(82)70-68-66-64-62-60-58-56-54-52-50-48-29-27-25-23-21-19-17-15-13-11-9-7-2/h24,26,76,80H,6-23,25,27-75H2,1-5H3/b26-24-. The molecule has 0 rings (SSSR count). The molecule has 89 heavy (non-hydrogen) atoms. The van der Waals surface area contributed by atoms with Crippen molar-refractivity contribution in [1.82, 2.24) is 0 Å². The Balaban J connectivity index is 3.90. The minimum atomic E-state index is -1.62. The number of carbonyl (C=O) groups excluding carboxylic acids is 3. The van der Waals surface area contributed by atoms with Crippen LogP contribution in [0, 0.1) is 0 Å². The van der Waals surface area contributed by atoms with Gasteiger partial charge in [-0.1, -0.05) is 386 Å². The van der Waals surface area contributed by atoms with E-state index in [-0.39, 0.29) is 32.2 Å². The molecule has 0 heterocycles. The highest BCUT2D eigenvalue weighted by Gasteiger charge is 2.22. The minimum absolute atomic E-state index is 0.153. The fourth-order valence-corrected chi connectivity index (χ4v) is 12.4. The topological polar surface area (TPSA) is 111 Å². The van der Waals surface area contributed by atoms with E-state index in [0.717, 1.165) is 38.5 Å². The molecule has 0 bridgehead atoms. The molecule has 0 aliphatic carbocycles. The van der Waals surface area contributed by atoms with E-state index in [1.54, 1.807) is 0 Å². The fourth-order valence-electron chi connectivity index (χ4n) is 12.4. The average Bonchev–Trinajstić information content (AvgIpc) is 3.64. The molecule has 0 saturated heterocycles. The van der Waals surface area contributed by atoms with Gasteiger partial charge in [0.05, 0.1) is 40.3 Å². The molecule has 0 aliphatic heterocycles. The zero-order valence-electron chi connectivity index (χ0n) is 60.6. The molecule has 0 spiro atoms. The van der Waals surface area contributed by atoms with Crippen molar-refractivity contribution in [3.8, 4) is 0 Å². The Labute approximate surface area is 555 Å². The first kappa shape index (κ1) is 87.0. The Morgan fingerprint density at radius 3 is 0.831 bits per heavy atom. The van der Waals surface area contributed by atoms with E-state index >= 15 is 0 Å². The number of aliphatic carboxylic acids is 1. The van der Waals surface area contributed by atoms with Crippen molar-refractivity contribution in [2.45, 2.75) is 437 Å². The number of carboxylic acids is 1. The lowest BCUT2D eigenvalue weighted by molar-refractivity contribution is -0.870. The van der Waals surface area contributed by atoms with Gasteiger partial charge >= 0.3 is 11.9 Å². The quantitative estimate of drug-likeness (QED) is 0.0195. The monoisotopic (exact) mass is 1260 g/mol. The van der Waals surface area contributed by atoms with Gasteiger partial charge in [0.1, 0.15) is 13.2 Å². The zero-order chi connectivity index (χ0) is 64.7. The van der Waals surface area contributed by atoms with Crippen LogP contribution in [0.25, 0.3) is 0 Å². The molecule has 0 aromatic rings. The van der Waals surface area contributed by atoms with Gasteiger partial charge < -0.3 is 33.3 Å². The second kappa shape index (κ2) is 71.9. The normalized spacial score (nSPS) is 12.6. The van der Waals surface area contributed by atoms with E-state index in [2.05, 4.69) is 26.0 Å². The SMILES string of the molecule is CCCCCCCCCC/C=C\CCCCCCCCCCCCCCCCCCCCCCCCCCCCCCCC(=O)OC(COC(=O)CCCCCCCCCCCCCCCCCCCCCCCCC)COC(OCC[N+](C)(C)C)C(=O)[O-]. The van der Waals surface area contributed by atoms with Crippen LogP contribution in [-0.4, -0.2) is 82.3 Å². The number of carbonyl (C=O) groups is 3. The van der Waals surface area contributed by atoms with Crippen LogP contribution in [0.5, 0.6) is 0 Å². The molecule has 9 nitrogen and oxygen atoms in total. The van der Waals surface area contributed by atoms with Crippen LogP contribution in [0.2, 0.25) is 0 Å². The fraction of sp³-hybridized carbons (Fsp3) is 0.938. The number of rotatable bonds is 76. The molecule has 0 amide bonds. The number of hydrogen-bond donors (Lipinski definition) is 0. The Hall–Kier alpha value is -1.97. The number of nitrogens with zero attached hydrogens (tertiary/aromatic N) is 1. The second-order valence-corrected chi connectivity index (χ2v) is 28.7. The van der Waals surface area contributed by atoms with Gasteiger partial charge in [0.25, 0.3) is 0 Å². The average molecular weight is 1260 g/mol. The van der Waals surface area contributed by atoms with Gasteiger partial charge in [0.15, 0.2) is 12.4 Å². The summed E-state index contributed by atoms with van der Waals surface area (Å²) in [6.07, 6.45) is 86.4. The molecular weight excluding hydrogens is 1100 g/mol. The first-order valence-electron chi connectivity index (χ1n) is 39.8. The Morgan fingerprint density at radius 1 is 0.326 bits per heavy atom. The summed E-state index contributed by atoms with van der Waals surface area (Å²) in [7, 11) is 5.95. The van der Waals surface area contributed by atoms with Crippen molar-refractivity contribution < 1.29 is 42.9 Å². The molecule has 0 saturated carbocycles. The highest BCUT2D eigenvalue weighted by molar-refractivity contribution is 5.70. The van der Waals surface area contributed by atoms with Crippen LogP contribution in [0.1, 0.15) is 425 Å². The molecule has 9 heteroatoms. The third kappa shape index (κ3) is 73.3. The van der Waals surface area contributed by atoms with E-state index in [4.69, 9.17) is 18.9 Å². The predicted octanol–water partition coefficient (Wildman–Crippen LogP) is 23.8. The van der Waals surface area contributed by atoms with Crippen molar-refractivity contribution in [3.05, 3.63) is 12.2 Å². The van der Waals surface area contributed by atoms with Gasteiger partial charge in [-0.05, 0) is 38.5 Å². The van der Waals surface area contributed by atoms with Gasteiger partial charge in [-0.25, -0.2) is 0 Å². The summed E-state index contributed by atoms with van der Waals surface area (Å²) in [6, 6.07) is 0. The van der Waals surface area contributed by atoms with E-state index in [1.165, 1.54) is 360 Å². The summed E-state index contributed by atoms with van der Waals surface area (Å²) in [5.74, 6) is -2.24. The van der Waals surface area contributed by atoms with Crippen molar-refractivity contribution in [2.24, 2.45) is 0 Å². The van der Waals surface area contributed by atoms with Gasteiger partial charge in [0.2, 0.25) is 0 Å². The lowest BCUT2D eigenvalue weighted by Crippen LogP contribution is -2.44. The van der Waals surface area contributed by atoms with Crippen LogP contribution >= 0.6 is 0 Å². The number of likely N-dealkylation sites (N-methyl/N-ethyl adjacent to an activating group) is 1. The smallest absolute Gasteiger partial charge is 0.306 e. The highest BCUT2D eigenvalue weighted by Crippen LogP contribution is 2.20. The molecule has 2 atom stereocenters. The first-order chi connectivity index (χ1) is 43.6. The van der Waals surface area contributed by atoms with Crippen LogP contribution in [0.3, 0.4) is 0 Å². The number of quaternary nitrogens is 1. The third-order valence-electron chi connectivity index (χ3n) is 18.5. The van der Waals surface area contributed by atoms with E-state index in [1.807, 2.05) is 21.1 Å². The maximum absolute atomic E-state index is 13.0. The summed E-state index contributed by atoms with van der Waals surface area (Å²) >= 11 is 0. The second-order valence-electron chi connectivity index (χ2n) is 28.7. The number of ether oxygens (including phenoxy) is 4. The lowest BCUT2D eigenvalue weighted by atomic mass is 10.0. The van der Waals surface area contributed by atoms with E-state index < -0.39 is 24.3 Å². The molecular formula is C80H155NO8. The number of carboxylic acid groups (broad SMARTS) is 1. The first-order valence-corrected chi connectivity index (χ1v) is 39.8. The summed E-state index contributed by atoms with van der Waals surface area (Å²) in [6.45, 7) is 4.84. The molecule has 0 N–H and O–H groups in total. The number of hydrogen-bond acceptors (Lipinski definition) is 8. The molecule has 0 aliphatic rings. The highest BCUT2D eigenvalue weighted by atomic mass is 16.7. The van der Waals surface area contributed by atoms with Crippen LogP contribution in [0.4, 0.5) is 0 Å². The maximum Gasteiger partial charge on any atom is 0.306 e. The molecule has 528 valence electrons. The van der Waals surface area contributed by atoms with E-state index in [0.29, 0.717) is 17.4 Å². The molecule has 0 aromatic heterocycles. The number of allylic oxidation sites excluding steroid dienone is 2. The molecule has 2 unspecified atom stereocenters. The van der Waals surface area contributed by atoms with Crippen LogP contribution in [0.15, 0.2) is 12.2 Å². The van der Waals surface area contributed by atoms with Gasteiger partial charge in [-0.15, -0.1) is 0 Å². The lowest BCUT2D eigenvalue weighted by Gasteiger charge is -2.26. The van der Waals surface area contributed by atoms with Gasteiger partial charge in [-0.2, -0.15) is 0 Å². The number of esters is 2. The summed E-state index contributed by atoms with van der Waals surface area (Å²) in [5, 5.41) is 11.8. The Kier molecular flexibility index (Phi) is 70.3. The van der Waals surface area contributed by atoms with Crippen molar-refractivity contribution in [2.75, 3.05) is 47.5 Å². The Bertz CT molecular complexity index is 1460. The van der Waals surface area contributed by atoms with Crippen LogP contribution < -0.4 is 5.11 Å². The van der Waals surface area contributed by atoms with Crippen molar-refractivity contribution >= 4 is 17.9 Å². The summed E-state index contributed by atoms with van der Waals surface area (Å²) in [4.78, 5) is 37.5. The molecule has 0 aromatic carbocycles. The predicted molar refractivity (Wildman–Crippen MR) is 380 cm³/mol. The summed E-state index contributed by atoms with van der Waals surface area (Å²) < 4.78 is 22.9. The summed E-state index contributed by atoms with van der Waals surface area (Å²) in [5.41, 5.74) is 0. The van der Waals surface area contributed by atoms with E-state index in [9.17, 15) is 19.5 Å². The largest absolute Gasteiger partial charge is 0.545 e. The number of unbranched alkanes of at least 4 members (excludes halogenated alkanes) is 59. The minimum Gasteiger partial charge on any atom is -0.545 e. The molecule has 0 radical (unpaired) electrons. The van der Waals surface area contributed by atoms with Gasteiger partial charge in [-0.3, -0.25) is 9.59 Å². The maximum atomic E-state index is 13.0. The Morgan fingerprint density at radius 2 is 0.573 bits per heavy atom. The third-order valence-corrected chi connectivity index (χ3v) is 18.5. The van der Waals surface area contributed by atoms with Crippen molar-refractivity contribution in [1.29, 1.82) is 0 Å². The van der Waals surface area contributed by atoms with Crippen LogP contribution in [-0.2, 0) is 33.3 Å².